The molecular weight excluding hydrogens is 224 g/mol. The Balaban J connectivity index is 2.22. The zero-order valence-electron chi connectivity index (χ0n) is 9.07. The van der Waals surface area contributed by atoms with Crippen LogP contribution < -0.4 is 4.74 Å². The average Bonchev–Trinajstić information content (AvgIpc) is 2.69. The zero-order valence-corrected chi connectivity index (χ0v) is 9.07. The molecule has 88 valence electrons. The fourth-order valence-corrected chi connectivity index (χ4v) is 1.29. The molecule has 2 aromatic rings. The van der Waals surface area contributed by atoms with Gasteiger partial charge in [0, 0.05) is 25.5 Å². The number of aryl methyl sites for hydroxylation is 1. The van der Waals surface area contributed by atoms with Gasteiger partial charge >= 0.3 is 5.97 Å². The lowest BCUT2D eigenvalue weighted by molar-refractivity contribution is -0.139. The van der Waals surface area contributed by atoms with Crippen LogP contribution in [0.2, 0.25) is 0 Å². The van der Waals surface area contributed by atoms with Gasteiger partial charge in [-0.3, -0.25) is 4.68 Å². The maximum atomic E-state index is 10.4. The first-order chi connectivity index (χ1) is 8.16. The number of carbonyl (C=O) groups is 1. The van der Waals surface area contributed by atoms with Crippen molar-refractivity contribution in [2.75, 3.05) is 6.61 Å². The van der Waals surface area contributed by atoms with E-state index in [1.165, 1.54) is 4.68 Å². The Bertz CT molecular complexity index is 524. The standard InChI is InChI=1S/C10H10N4O3/c1-14-7(10-11-3-2-4-12-10)5-8(13-14)17-6-9(15)16/h2-5H,6H2,1H3,(H,15,16). The molecule has 0 amide bonds. The van der Waals surface area contributed by atoms with Gasteiger partial charge in [0.15, 0.2) is 12.4 Å². The molecule has 0 spiro atoms. The number of aliphatic carboxylic acids is 1. The first kappa shape index (κ1) is 11.1. The molecule has 2 aromatic heterocycles. The third kappa shape index (κ3) is 2.57. The lowest BCUT2D eigenvalue weighted by Gasteiger charge is -1.97. The fraction of sp³-hybridized carbons (Fsp3) is 0.200. The Labute approximate surface area is 96.7 Å². The van der Waals surface area contributed by atoms with Crippen molar-refractivity contribution >= 4 is 5.97 Å². The van der Waals surface area contributed by atoms with Crippen LogP contribution in [0.4, 0.5) is 0 Å². The Hall–Kier alpha value is -2.44. The van der Waals surface area contributed by atoms with E-state index in [0.29, 0.717) is 11.5 Å². The summed E-state index contributed by atoms with van der Waals surface area (Å²) in [7, 11) is 1.71. The molecule has 7 nitrogen and oxygen atoms in total. The highest BCUT2D eigenvalue weighted by Gasteiger charge is 2.11. The minimum atomic E-state index is -1.05. The monoisotopic (exact) mass is 234 g/mol. The number of hydrogen-bond donors (Lipinski definition) is 1. The van der Waals surface area contributed by atoms with Crippen LogP contribution in [-0.2, 0) is 11.8 Å². The van der Waals surface area contributed by atoms with Gasteiger partial charge in [0.05, 0.1) is 0 Å². The van der Waals surface area contributed by atoms with Crippen molar-refractivity contribution in [1.82, 2.24) is 19.7 Å². The second kappa shape index (κ2) is 4.60. The van der Waals surface area contributed by atoms with Gasteiger partial charge < -0.3 is 9.84 Å². The third-order valence-corrected chi connectivity index (χ3v) is 2.00. The summed E-state index contributed by atoms with van der Waals surface area (Å²) in [6, 6.07) is 3.31. The highest BCUT2D eigenvalue weighted by molar-refractivity contribution is 5.68. The molecule has 0 bridgehead atoms. The average molecular weight is 234 g/mol. The Kier molecular flexibility index (Phi) is 2.99. The molecule has 0 atom stereocenters. The van der Waals surface area contributed by atoms with E-state index in [1.54, 1.807) is 31.6 Å². The van der Waals surface area contributed by atoms with Gasteiger partial charge in [-0.1, -0.05) is 0 Å². The van der Waals surface area contributed by atoms with Gasteiger partial charge in [-0.05, 0) is 6.07 Å². The second-order valence-electron chi connectivity index (χ2n) is 3.25. The topological polar surface area (TPSA) is 90.1 Å². The molecule has 0 aromatic carbocycles. The largest absolute Gasteiger partial charge is 0.479 e. The molecule has 0 aliphatic heterocycles. The van der Waals surface area contributed by atoms with Crippen LogP contribution in [0.1, 0.15) is 0 Å². The molecule has 2 heterocycles. The van der Waals surface area contributed by atoms with Gasteiger partial charge in [-0.15, -0.1) is 5.10 Å². The van der Waals surface area contributed by atoms with Crippen molar-refractivity contribution in [2.24, 2.45) is 7.05 Å². The van der Waals surface area contributed by atoms with Crippen LogP contribution in [-0.4, -0.2) is 37.4 Å². The summed E-state index contributed by atoms with van der Waals surface area (Å²) in [5.41, 5.74) is 0.658. The molecular formula is C10H10N4O3. The smallest absolute Gasteiger partial charge is 0.341 e. The molecule has 0 fully saturated rings. The lowest BCUT2D eigenvalue weighted by atomic mass is 10.4. The molecule has 1 N–H and O–H groups in total. The summed E-state index contributed by atoms with van der Waals surface area (Å²) in [5.74, 6) is -0.307. The van der Waals surface area contributed by atoms with E-state index in [9.17, 15) is 4.79 Å². The molecule has 0 aliphatic carbocycles. The third-order valence-electron chi connectivity index (χ3n) is 2.00. The molecule has 0 saturated heterocycles. The molecule has 0 saturated carbocycles. The predicted octanol–water partition coefficient (Wildman–Crippen LogP) is 0.340. The van der Waals surface area contributed by atoms with E-state index in [2.05, 4.69) is 15.1 Å². The van der Waals surface area contributed by atoms with Crippen molar-refractivity contribution in [2.45, 2.75) is 0 Å². The van der Waals surface area contributed by atoms with E-state index in [4.69, 9.17) is 9.84 Å². The summed E-state index contributed by atoms with van der Waals surface area (Å²) >= 11 is 0. The van der Waals surface area contributed by atoms with Crippen molar-refractivity contribution in [1.29, 1.82) is 0 Å². The van der Waals surface area contributed by atoms with Gasteiger partial charge in [0.2, 0.25) is 5.88 Å². The van der Waals surface area contributed by atoms with E-state index in [-0.39, 0.29) is 5.88 Å². The van der Waals surface area contributed by atoms with Crippen molar-refractivity contribution in [3.05, 3.63) is 24.5 Å². The highest BCUT2D eigenvalue weighted by Crippen LogP contribution is 2.18. The minimum Gasteiger partial charge on any atom is -0.479 e. The quantitative estimate of drug-likeness (QED) is 0.820. The number of hydrogen-bond acceptors (Lipinski definition) is 5. The molecule has 7 heteroatoms. The van der Waals surface area contributed by atoms with Crippen LogP contribution in [0, 0.1) is 0 Å². The number of nitrogens with zero attached hydrogens (tertiary/aromatic N) is 4. The van der Waals surface area contributed by atoms with Crippen LogP contribution in [0.25, 0.3) is 11.5 Å². The Morgan fingerprint density at radius 2 is 2.18 bits per heavy atom. The maximum Gasteiger partial charge on any atom is 0.341 e. The summed E-state index contributed by atoms with van der Waals surface area (Å²) in [6.07, 6.45) is 3.24. The van der Waals surface area contributed by atoms with Crippen LogP contribution in [0.15, 0.2) is 24.5 Å². The van der Waals surface area contributed by atoms with E-state index >= 15 is 0 Å². The summed E-state index contributed by atoms with van der Waals surface area (Å²) in [6.45, 7) is -0.425. The van der Waals surface area contributed by atoms with Crippen LogP contribution in [0.3, 0.4) is 0 Å². The highest BCUT2D eigenvalue weighted by atomic mass is 16.5. The van der Waals surface area contributed by atoms with Gasteiger partial charge in [0.1, 0.15) is 5.69 Å². The Morgan fingerprint density at radius 3 is 2.82 bits per heavy atom. The fourth-order valence-electron chi connectivity index (χ4n) is 1.29. The van der Waals surface area contributed by atoms with E-state index < -0.39 is 12.6 Å². The molecule has 2 rings (SSSR count). The lowest BCUT2D eigenvalue weighted by Crippen LogP contribution is -2.09. The maximum absolute atomic E-state index is 10.4. The van der Waals surface area contributed by atoms with E-state index in [0.717, 1.165) is 0 Å². The normalized spacial score (nSPS) is 10.2. The van der Waals surface area contributed by atoms with Crippen molar-refractivity contribution in [3.8, 4) is 17.4 Å². The first-order valence-electron chi connectivity index (χ1n) is 4.83. The van der Waals surface area contributed by atoms with Crippen molar-refractivity contribution < 1.29 is 14.6 Å². The molecule has 0 unspecified atom stereocenters. The summed E-state index contributed by atoms with van der Waals surface area (Å²) in [4.78, 5) is 18.5. The summed E-state index contributed by atoms with van der Waals surface area (Å²) < 4.78 is 6.50. The van der Waals surface area contributed by atoms with Crippen LogP contribution in [0.5, 0.6) is 5.88 Å². The van der Waals surface area contributed by atoms with Crippen LogP contribution >= 0.6 is 0 Å². The predicted molar refractivity (Wildman–Crippen MR) is 57.4 cm³/mol. The SMILES string of the molecule is Cn1nc(OCC(=O)O)cc1-c1ncccn1. The zero-order chi connectivity index (χ0) is 12.3. The number of ether oxygens (including phenoxy) is 1. The number of carboxylic acid groups (broad SMARTS) is 1. The van der Waals surface area contributed by atoms with Crippen molar-refractivity contribution in [3.63, 3.8) is 0 Å². The molecule has 0 radical (unpaired) electrons. The first-order valence-corrected chi connectivity index (χ1v) is 4.83. The number of carboxylic acids is 1. The minimum absolute atomic E-state index is 0.234. The summed E-state index contributed by atoms with van der Waals surface area (Å²) in [5, 5.41) is 12.5. The Morgan fingerprint density at radius 1 is 1.47 bits per heavy atom. The molecule has 0 aliphatic rings. The molecule has 17 heavy (non-hydrogen) atoms. The number of aromatic nitrogens is 4. The van der Waals surface area contributed by atoms with Gasteiger partial charge in [-0.25, -0.2) is 14.8 Å². The number of rotatable bonds is 4. The van der Waals surface area contributed by atoms with Gasteiger partial charge in [-0.2, -0.15) is 0 Å². The second-order valence-corrected chi connectivity index (χ2v) is 3.25. The van der Waals surface area contributed by atoms with E-state index in [1.807, 2.05) is 0 Å². The van der Waals surface area contributed by atoms with Gasteiger partial charge in [0.25, 0.3) is 0 Å².